The zero-order chi connectivity index (χ0) is 8.81. The number of hydrogen-bond donors (Lipinski definition) is 2. The number of nitrogens with one attached hydrogen (secondary N) is 1. The second-order valence-corrected chi connectivity index (χ2v) is 2.55. The Bertz CT molecular complexity index is 215. The lowest BCUT2D eigenvalue weighted by atomic mass is 10.2. The molecule has 1 atom stereocenters. The first-order valence-corrected chi connectivity index (χ1v) is 3.96. The Morgan fingerprint density at radius 2 is 2.50 bits per heavy atom. The molecule has 0 saturated heterocycles. The molecule has 1 unspecified atom stereocenters. The summed E-state index contributed by atoms with van der Waals surface area (Å²) in [5, 5.41) is 19.4. The predicted octanol–water partition coefficient (Wildman–Crippen LogP) is 0.120. The Hall–Kier alpha value is -1.00. The van der Waals surface area contributed by atoms with Gasteiger partial charge in [0.1, 0.15) is 0 Å². The second kappa shape index (κ2) is 4.79. The average Bonchev–Trinajstić information content (AvgIpc) is 2.15. The third kappa shape index (κ3) is 2.56. The van der Waals surface area contributed by atoms with E-state index in [0.717, 1.165) is 5.69 Å². The molecule has 0 spiro atoms. The van der Waals surface area contributed by atoms with Gasteiger partial charge in [-0.2, -0.15) is 10.2 Å². The van der Waals surface area contributed by atoms with Crippen LogP contribution in [0.15, 0.2) is 18.3 Å². The zero-order valence-electron chi connectivity index (χ0n) is 7.07. The van der Waals surface area contributed by atoms with E-state index < -0.39 is 0 Å². The van der Waals surface area contributed by atoms with E-state index in [4.69, 9.17) is 5.11 Å². The van der Waals surface area contributed by atoms with Crippen LogP contribution in [0, 0.1) is 0 Å². The molecule has 0 aromatic carbocycles. The summed E-state index contributed by atoms with van der Waals surface area (Å²) in [6.07, 6.45) is 1.64. The maximum absolute atomic E-state index is 8.56. The van der Waals surface area contributed by atoms with Gasteiger partial charge in [-0.3, -0.25) is 0 Å². The van der Waals surface area contributed by atoms with Crippen LogP contribution in [0.1, 0.15) is 18.7 Å². The lowest BCUT2D eigenvalue weighted by Gasteiger charge is -2.10. The summed E-state index contributed by atoms with van der Waals surface area (Å²) in [6.45, 7) is 2.71. The van der Waals surface area contributed by atoms with Crippen LogP contribution < -0.4 is 5.32 Å². The van der Waals surface area contributed by atoms with E-state index in [0.29, 0.717) is 6.54 Å². The van der Waals surface area contributed by atoms with Crippen LogP contribution in [0.4, 0.5) is 0 Å². The summed E-state index contributed by atoms with van der Waals surface area (Å²) < 4.78 is 0. The topological polar surface area (TPSA) is 58.0 Å². The van der Waals surface area contributed by atoms with Crippen molar-refractivity contribution in [1.82, 2.24) is 15.5 Å². The van der Waals surface area contributed by atoms with Crippen molar-refractivity contribution in [3.63, 3.8) is 0 Å². The standard InChI is InChI=1S/C8H13N3O/c1-7(9-5-6-12)8-3-2-4-10-11-8/h2-4,7,9,12H,5-6H2,1H3. The summed E-state index contributed by atoms with van der Waals surface area (Å²) in [6, 6.07) is 3.90. The van der Waals surface area contributed by atoms with E-state index in [9.17, 15) is 0 Å². The molecule has 12 heavy (non-hydrogen) atoms. The molecule has 1 aromatic rings. The third-order valence-electron chi connectivity index (χ3n) is 1.60. The first-order valence-electron chi connectivity index (χ1n) is 3.96. The van der Waals surface area contributed by atoms with Crippen LogP contribution in [0.3, 0.4) is 0 Å². The predicted molar refractivity (Wildman–Crippen MR) is 45.5 cm³/mol. The molecule has 1 aromatic heterocycles. The van der Waals surface area contributed by atoms with E-state index >= 15 is 0 Å². The van der Waals surface area contributed by atoms with Gasteiger partial charge in [0.15, 0.2) is 0 Å². The molecule has 0 amide bonds. The molecule has 66 valence electrons. The third-order valence-corrected chi connectivity index (χ3v) is 1.60. The summed E-state index contributed by atoms with van der Waals surface area (Å²) in [4.78, 5) is 0. The first-order chi connectivity index (χ1) is 5.84. The van der Waals surface area contributed by atoms with Crippen LogP contribution in [0.5, 0.6) is 0 Å². The van der Waals surface area contributed by atoms with Gasteiger partial charge in [0.25, 0.3) is 0 Å². The molecule has 0 fully saturated rings. The van der Waals surface area contributed by atoms with E-state index in [2.05, 4.69) is 15.5 Å². The van der Waals surface area contributed by atoms with Gasteiger partial charge in [-0.1, -0.05) is 0 Å². The molecule has 0 radical (unpaired) electrons. The molecule has 1 heterocycles. The molecule has 1 rings (SSSR count). The van der Waals surface area contributed by atoms with Crippen LogP contribution in [-0.2, 0) is 0 Å². The summed E-state index contributed by atoms with van der Waals surface area (Å²) >= 11 is 0. The summed E-state index contributed by atoms with van der Waals surface area (Å²) in [5.41, 5.74) is 0.894. The highest BCUT2D eigenvalue weighted by Crippen LogP contribution is 2.05. The minimum Gasteiger partial charge on any atom is -0.395 e. The normalized spacial score (nSPS) is 12.8. The van der Waals surface area contributed by atoms with Gasteiger partial charge in [0.2, 0.25) is 0 Å². The van der Waals surface area contributed by atoms with Gasteiger partial charge in [-0.25, -0.2) is 0 Å². The lowest BCUT2D eigenvalue weighted by Crippen LogP contribution is -2.22. The van der Waals surface area contributed by atoms with Crippen molar-refractivity contribution >= 4 is 0 Å². The minimum atomic E-state index is 0.143. The quantitative estimate of drug-likeness (QED) is 0.668. The van der Waals surface area contributed by atoms with Crippen molar-refractivity contribution in [2.45, 2.75) is 13.0 Å². The Balaban J connectivity index is 2.48. The van der Waals surface area contributed by atoms with E-state index in [1.165, 1.54) is 0 Å². The van der Waals surface area contributed by atoms with Gasteiger partial charge in [0, 0.05) is 18.8 Å². The maximum atomic E-state index is 8.56. The number of rotatable bonds is 4. The van der Waals surface area contributed by atoms with Crippen molar-refractivity contribution in [2.75, 3.05) is 13.2 Å². The molecule has 0 aliphatic rings. The van der Waals surface area contributed by atoms with Gasteiger partial charge < -0.3 is 10.4 Å². The molecule has 4 nitrogen and oxygen atoms in total. The molecule has 0 aliphatic heterocycles. The average molecular weight is 167 g/mol. The Labute approximate surface area is 71.6 Å². The van der Waals surface area contributed by atoms with Crippen molar-refractivity contribution in [3.05, 3.63) is 24.0 Å². The number of aromatic nitrogens is 2. The van der Waals surface area contributed by atoms with Crippen molar-refractivity contribution < 1.29 is 5.11 Å². The lowest BCUT2D eigenvalue weighted by molar-refractivity contribution is 0.285. The van der Waals surface area contributed by atoms with Gasteiger partial charge in [-0.15, -0.1) is 0 Å². The number of hydrogen-bond acceptors (Lipinski definition) is 4. The monoisotopic (exact) mass is 167 g/mol. The van der Waals surface area contributed by atoms with E-state index in [1.54, 1.807) is 6.20 Å². The SMILES string of the molecule is CC(NCCO)c1cccnn1. The van der Waals surface area contributed by atoms with Gasteiger partial charge in [0.05, 0.1) is 12.3 Å². The van der Waals surface area contributed by atoms with Crippen LogP contribution in [0.2, 0.25) is 0 Å². The van der Waals surface area contributed by atoms with Gasteiger partial charge in [-0.05, 0) is 19.1 Å². The largest absolute Gasteiger partial charge is 0.395 e. The van der Waals surface area contributed by atoms with Crippen LogP contribution in [0.25, 0.3) is 0 Å². The number of nitrogens with zero attached hydrogens (tertiary/aromatic N) is 2. The molecule has 0 aliphatic carbocycles. The minimum absolute atomic E-state index is 0.143. The fourth-order valence-corrected chi connectivity index (χ4v) is 0.930. The smallest absolute Gasteiger partial charge is 0.0797 e. The summed E-state index contributed by atoms with van der Waals surface area (Å²) in [7, 11) is 0. The fourth-order valence-electron chi connectivity index (χ4n) is 0.930. The molecule has 4 heteroatoms. The van der Waals surface area contributed by atoms with Crippen molar-refractivity contribution in [2.24, 2.45) is 0 Å². The second-order valence-electron chi connectivity index (χ2n) is 2.55. The Kier molecular flexibility index (Phi) is 3.63. The van der Waals surface area contributed by atoms with Gasteiger partial charge >= 0.3 is 0 Å². The summed E-state index contributed by atoms with van der Waals surface area (Å²) in [5.74, 6) is 0. The van der Waals surface area contributed by atoms with Crippen LogP contribution >= 0.6 is 0 Å². The highest BCUT2D eigenvalue weighted by atomic mass is 16.3. The molecule has 0 bridgehead atoms. The maximum Gasteiger partial charge on any atom is 0.0797 e. The molecule has 2 N–H and O–H groups in total. The van der Waals surface area contributed by atoms with Crippen molar-refractivity contribution in [3.8, 4) is 0 Å². The molecule has 0 saturated carbocycles. The fraction of sp³-hybridized carbons (Fsp3) is 0.500. The highest BCUT2D eigenvalue weighted by Gasteiger charge is 2.03. The number of aliphatic hydroxyl groups excluding tert-OH is 1. The molecular formula is C8H13N3O. The first kappa shape index (κ1) is 9.09. The highest BCUT2D eigenvalue weighted by molar-refractivity contribution is 5.03. The number of aliphatic hydroxyl groups is 1. The van der Waals surface area contributed by atoms with E-state index in [1.807, 2.05) is 19.1 Å². The Morgan fingerprint density at radius 1 is 1.67 bits per heavy atom. The zero-order valence-corrected chi connectivity index (χ0v) is 7.07. The van der Waals surface area contributed by atoms with Crippen molar-refractivity contribution in [1.29, 1.82) is 0 Å². The molecular weight excluding hydrogens is 154 g/mol. The van der Waals surface area contributed by atoms with E-state index in [-0.39, 0.29) is 12.6 Å². The Morgan fingerprint density at radius 3 is 3.08 bits per heavy atom. The van der Waals surface area contributed by atoms with Crippen LogP contribution in [-0.4, -0.2) is 28.5 Å².